The van der Waals surface area contributed by atoms with Crippen molar-refractivity contribution in [1.29, 1.82) is 0 Å². The summed E-state index contributed by atoms with van der Waals surface area (Å²) in [6.07, 6.45) is -4.09. The maximum Gasteiger partial charge on any atom is 0.343 e. The molecule has 14 nitrogen and oxygen atoms in total. The fourth-order valence-corrected chi connectivity index (χ4v) is 8.85. The number of ether oxygens (including phenoxy) is 8. The van der Waals surface area contributed by atoms with Gasteiger partial charge in [-0.2, -0.15) is 0 Å². The summed E-state index contributed by atoms with van der Waals surface area (Å²) in [5.41, 5.74) is -7.54. The van der Waals surface area contributed by atoms with Gasteiger partial charge in [0.15, 0.2) is 17.8 Å². The molecule has 2 spiro atoms. The fraction of sp³-hybridized carbons (Fsp3) is 0.852. The molecule has 4 heterocycles. The summed E-state index contributed by atoms with van der Waals surface area (Å²) >= 11 is 0. The zero-order valence-electron chi connectivity index (χ0n) is 23.2. The Morgan fingerprint density at radius 1 is 1.05 bits per heavy atom. The Balaban J connectivity index is 1.31. The van der Waals surface area contributed by atoms with Crippen molar-refractivity contribution in [3.8, 4) is 0 Å². The minimum absolute atomic E-state index is 0.0521. The molecule has 5 unspecified atom stereocenters. The minimum Gasteiger partial charge on any atom is -0.467 e. The maximum absolute atomic E-state index is 13.7. The molecule has 6 aliphatic rings. The molecule has 2 saturated carbocycles. The smallest absolute Gasteiger partial charge is 0.343 e. The van der Waals surface area contributed by atoms with E-state index in [1.54, 1.807) is 0 Å². The lowest BCUT2D eigenvalue weighted by Crippen LogP contribution is -2.67. The van der Waals surface area contributed by atoms with Crippen LogP contribution in [0.15, 0.2) is 0 Å². The predicted molar refractivity (Wildman–Crippen MR) is 129 cm³/mol. The summed E-state index contributed by atoms with van der Waals surface area (Å²) in [4.78, 5) is 50.9. The molecule has 6 fully saturated rings. The fourth-order valence-electron chi connectivity index (χ4n) is 8.85. The van der Waals surface area contributed by atoms with Gasteiger partial charge in [0.1, 0.15) is 18.8 Å². The van der Waals surface area contributed by atoms with E-state index in [0.29, 0.717) is 12.8 Å². The van der Waals surface area contributed by atoms with Crippen LogP contribution in [0.4, 0.5) is 0 Å². The number of esters is 4. The van der Waals surface area contributed by atoms with Gasteiger partial charge in [-0.15, -0.1) is 0 Å². The largest absolute Gasteiger partial charge is 0.467 e. The van der Waals surface area contributed by atoms with Gasteiger partial charge in [0.25, 0.3) is 0 Å². The number of carbonyl (C=O) groups is 4. The first-order valence-corrected chi connectivity index (χ1v) is 14.1. The molecule has 4 aliphatic heterocycles. The Bertz CT molecular complexity index is 1130. The highest BCUT2D eigenvalue weighted by atomic mass is 16.8. The predicted octanol–water partition coefficient (Wildman–Crippen LogP) is -0.995. The lowest BCUT2D eigenvalue weighted by atomic mass is 9.53. The van der Waals surface area contributed by atoms with Gasteiger partial charge in [0.05, 0.1) is 50.3 Å². The monoisotopic (exact) mass is 584 g/mol. The quantitative estimate of drug-likeness (QED) is 0.162. The van der Waals surface area contributed by atoms with E-state index in [0.717, 1.165) is 12.8 Å². The van der Waals surface area contributed by atoms with Gasteiger partial charge >= 0.3 is 23.9 Å². The SMILES string of the molecule is CCCC[C@@H]1CC2OC(=O)[C@@]34O[C@H]5OC(=O)[C@@H](OCCOCCOCC(=O)OC)C15C23[C@H](O)C1OC(=O)C(C)[C@]14O. The molecule has 41 heavy (non-hydrogen) atoms. The van der Waals surface area contributed by atoms with E-state index in [2.05, 4.69) is 4.74 Å². The van der Waals surface area contributed by atoms with Gasteiger partial charge in [0.2, 0.25) is 11.9 Å². The standard InChI is InChI=1S/C27H36O14/c1-4-5-6-14-11-15-25-17(29)18-26(33,13(2)20(30)39-18)27(25,22(32)38-15)41-23-24(14,25)19(21(31)40-23)37-10-9-35-7-8-36-12-16(28)34-3/h13-15,17-19,23,29,33H,4-12H2,1-3H3/t13?,14-,15?,17-,18?,19-,23-,24?,25?,26+,27-/m1/s1. The Labute approximate surface area is 235 Å². The van der Waals surface area contributed by atoms with Gasteiger partial charge in [-0.05, 0) is 25.7 Å². The number of hydrogen-bond donors (Lipinski definition) is 2. The second kappa shape index (κ2) is 9.85. The van der Waals surface area contributed by atoms with Crippen LogP contribution < -0.4 is 0 Å². The summed E-state index contributed by atoms with van der Waals surface area (Å²) in [5, 5.41) is 24.2. The van der Waals surface area contributed by atoms with Crippen molar-refractivity contribution in [1.82, 2.24) is 0 Å². The summed E-state index contributed by atoms with van der Waals surface area (Å²) in [6, 6.07) is 0. The van der Waals surface area contributed by atoms with Gasteiger partial charge in [-0.3, -0.25) is 4.79 Å². The van der Waals surface area contributed by atoms with Gasteiger partial charge in [-0.1, -0.05) is 19.8 Å². The van der Waals surface area contributed by atoms with E-state index in [1.807, 2.05) is 6.92 Å². The van der Waals surface area contributed by atoms with Gasteiger partial charge in [-0.25, -0.2) is 14.4 Å². The molecule has 4 saturated heterocycles. The van der Waals surface area contributed by atoms with Crippen molar-refractivity contribution in [2.24, 2.45) is 22.7 Å². The number of rotatable bonds is 12. The molecule has 0 aromatic heterocycles. The van der Waals surface area contributed by atoms with Crippen LogP contribution in [0.25, 0.3) is 0 Å². The molecule has 0 aromatic carbocycles. The first-order chi connectivity index (χ1) is 19.6. The van der Waals surface area contributed by atoms with Gasteiger partial charge in [0, 0.05) is 0 Å². The molecular weight excluding hydrogens is 548 g/mol. The molecule has 6 rings (SSSR count). The Kier molecular flexibility index (Phi) is 6.90. The van der Waals surface area contributed by atoms with Crippen molar-refractivity contribution in [3.05, 3.63) is 0 Å². The van der Waals surface area contributed by atoms with E-state index in [1.165, 1.54) is 14.0 Å². The first-order valence-electron chi connectivity index (χ1n) is 14.1. The second-order valence-corrected chi connectivity index (χ2v) is 11.7. The lowest BCUT2D eigenvalue weighted by molar-refractivity contribution is -0.239. The number of methoxy groups -OCH3 is 1. The zero-order valence-corrected chi connectivity index (χ0v) is 23.2. The summed E-state index contributed by atoms with van der Waals surface area (Å²) in [6.45, 7) is 3.53. The maximum atomic E-state index is 13.7. The van der Waals surface area contributed by atoms with E-state index in [4.69, 9.17) is 33.2 Å². The minimum atomic E-state index is -2.25. The average Bonchev–Trinajstić information content (AvgIpc) is 3.66. The molecule has 2 aliphatic carbocycles. The molecule has 11 atom stereocenters. The van der Waals surface area contributed by atoms with Crippen molar-refractivity contribution >= 4 is 23.9 Å². The normalized spacial score (nSPS) is 46.6. The first kappa shape index (κ1) is 28.7. The summed E-state index contributed by atoms with van der Waals surface area (Å²) < 4.78 is 44.7. The van der Waals surface area contributed by atoms with Crippen LogP contribution in [0, 0.1) is 22.7 Å². The van der Waals surface area contributed by atoms with Crippen molar-refractivity contribution in [3.63, 3.8) is 0 Å². The lowest BCUT2D eigenvalue weighted by Gasteiger charge is -2.45. The Morgan fingerprint density at radius 3 is 2.51 bits per heavy atom. The zero-order chi connectivity index (χ0) is 29.4. The van der Waals surface area contributed by atoms with Crippen molar-refractivity contribution in [2.75, 3.05) is 40.1 Å². The van der Waals surface area contributed by atoms with Crippen LogP contribution in [0.2, 0.25) is 0 Å². The van der Waals surface area contributed by atoms with E-state index in [-0.39, 0.29) is 39.0 Å². The number of hydrogen-bond acceptors (Lipinski definition) is 14. The third kappa shape index (κ3) is 3.18. The van der Waals surface area contributed by atoms with Crippen LogP contribution in [-0.2, 0) is 57.1 Å². The van der Waals surface area contributed by atoms with Crippen LogP contribution in [0.5, 0.6) is 0 Å². The van der Waals surface area contributed by atoms with Gasteiger partial charge < -0.3 is 48.1 Å². The van der Waals surface area contributed by atoms with E-state index in [9.17, 15) is 29.4 Å². The molecule has 0 aromatic rings. The van der Waals surface area contributed by atoms with Crippen molar-refractivity contribution < 1.29 is 67.3 Å². The molecule has 228 valence electrons. The Hall–Kier alpha value is -2.36. The van der Waals surface area contributed by atoms with Crippen LogP contribution >= 0.6 is 0 Å². The highest BCUT2D eigenvalue weighted by molar-refractivity contribution is 5.94. The van der Waals surface area contributed by atoms with E-state index < -0.39 is 82.5 Å². The number of carbonyl (C=O) groups excluding carboxylic acids is 4. The molecule has 2 N–H and O–H groups in total. The number of unbranched alkanes of at least 4 members (excludes halogenated alkanes) is 1. The molecule has 0 bridgehead atoms. The molecule has 0 radical (unpaired) electrons. The highest BCUT2D eigenvalue weighted by Crippen LogP contribution is 2.83. The highest BCUT2D eigenvalue weighted by Gasteiger charge is 3.03. The number of aliphatic hydroxyl groups excluding tert-OH is 1. The van der Waals surface area contributed by atoms with Crippen LogP contribution in [0.3, 0.4) is 0 Å². The number of aliphatic hydroxyl groups is 2. The average molecular weight is 585 g/mol. The third-order valence-electron chi connectivity index (χ3n) is 10.3. The van der Waals surface area contributed by atoms with Crippen LogP contribution in [0.1, 0.15) is 39.5 Å². The Morgan fingerprint density at radius 2 is 1.78 bits per heavy atom. The van der Waals surface area contributed by atoms with E-state index >= 15 is 0 Å². The molecular formula is C27H36O14. The third-order valence-corrected chi connectivity index (χ3v) is 10.3. The molecule has 14 heteroatoms. The topological polar surface area (TPSA) is 183 Å². The van der Waals surface area contributed by atoms with Crippen LogP contribution in [-0.4, -0.2) is 116 Å². The second-order valence-electron chi connectivity index (χ2n) is 11.7. The van der Waals surface area contributed by atoms with Crippen molar-refractivity contribution in [2.45, 2.75) is 81.4 Å². The summed E-state index contributed by atoms with van der Waals surface area (Å²) in [7, 11) is 1.26. The number of fused-ring (bicyclic) bond motifs is 1. The summed E-state index contributed by atoms with van der Waals surface area (Å²) in [5.74, 6) is -4.48. The molecule has 0 amide bonds.